The molecule has 7 heteroatoms. The van der Waals surface area contributed by atoms with Gasteiger partial charge in [0.15, 0.2) is 0 Å². The van der Waals surface area contributed by atoms with Gasteiger partial charge in [-0.05, 0) is 19.8 Å². The van der Waals surface area contributed by atoms with E-state index in [-0.39, 0.29) is 17.7 Å². The fraction of sp³-hybridized carbons (Fsp3) is 0.476. The highest BCUT2D eigenvalue weighted by Gasteiger charge is 2.31. The van der Waals surface area contributed by atoms with Crippen LogP contribution in [0.25, 0.3) is 10.6 Å². The van der Waals surface area contributed by atoms with Crippen LogP contribution in [0.1, 0.15) is 28.9 Å². The van der Waals surface area contributed by atoms with E-state index in [1.807, 2.05) is 34.2 Å². The molecule has 2 aliphatic heterocycles. The molecule has 2 aliphatic rings. The second kappa shape index (κ2) is 8.41. The van der Waals surface area contributed by atoms with Gasteiger partial charge in [0.1, 0.15) is 10.7 Å². The van der Waals surface area contributed by atoms with Crippen molar-refractivity contribution in [2.45, 2.75) is 19.8 Å². The minimum absolute atomic E-state index is 0.0145. The Balaban J connectivity index is 1.35. The van der Waals surface area contributed by atoms with Gasteiger partial charge in [-0.15, -0.1) is 11.3 Å². The molecule has 0 atom stereocenters. The average Bonchev–Trinajstić information content (AvgIpc) is 3.24. The number of rotatable bonds is 3. The van der Waals surface area contributed by atoms with Crippen LogP contribution >= 0.6 is 11.3 Å². The van der Waals surface area contributed by atoms with Gasteiger partial charge in [-0.2, -0.15) is 0 Å². The number of nitrogens with zero attached hydrogens (tertiary/aromatic N) is 3. The predicted octanol–water partition coefficient (Wildman–Crippen LogP) is 2.83. The standard InChI is InChI=1S/C21H25N3O3S/c1-15-2-4-16(5-3-15)19-22-18(14-28-19)21(26)23-8-6-17(7-9-23)20(25)24-10-12-27-13-11-24/h2-5,14,17H,6-13H2,1H3. The van der Waals surface area contributed by atoms with Gasteiger partial charge in [0.05, 0.1) is 13.2 Å². The summed E-state index contributed by atoms with van der Waals surface area (Å²) >= 11 is 1.49. The van der Waals surface area contributed by atoms with Crippen molar-refractivity contribution in [1.29, 1.82) is 0 Å². The molecule has 0 bridgehead atoms. The van der Waals surface area contributed by atoms with Crippen LogP contribution in [0.2, 0.25) is 0 Å². The quantitative estimate of drug-likeness (QED) is 0.796. The van der Waals surface area contributed by atoms with E-state index < -0.39 is 0 Å². The molecule has 6 nitrogen and oxygen atoms in total. The molecule has 2 saturated heterocycles. The third-order valence-corrected chi connectivity index (χ3v) is 6.37. The van der Waals surface area contributed by atoms with E-state index >= 15 is 0 Å². The van der Waals surface area contributed by atoms with Crippen LogP contribution in [0.15, 0.2) is 29.6 Å². The summed E-state index contributed by atoms with van der Waals surface area (Å²) in [6.45, 7) is 5.87. The molecule has 0 N–H and O–H groups in total. The number of piperidine rings is 1. The summed E-state index contributed by atoms with van der Waals surface area (Å²) in [6.07, 6.45) is 1.44. The molecule has 3 heterocycles. The average molecular weight is 400 g/mol. The fourth-order valence-electron chi connectivity index (χ4n) is 3.73. The number of carbonyl (C=O) groups is 2. The number of hydrogen-bond acceptors (Lipinski definition) is 5. The maximum Gasteiger partial charge on any atom is 0.273 e. The summed E-state index contributed by atoms with van der Waals surface area (Å²) in [4.78, 5) is 33.8. The SMILES string of the molecule is Cc1ccc(-c2nc(C(=O)N3CCC(C(=O)N4CCOCC4)CC3)cs2)cc1. The van der Waals surface area contributed by atoms with Crippen molar-refractivity contribution in [2.75, 3.05) is 39.4 Å². The lowest BCUT2D eigenvalue weighted by Gasteiger charge is -2.35. The van der Waals surface area contributed by atoms with Crippen LogP contribution in [0.3, 0.4) is 0 Å². The van der Waals surface area contributed by atoms with Gasteiger partial charge in [-0.3, -0.25) is 9.59 Å². The first kappa shape index (κ1) is 19.1. The number of aromatic nitrogens is 1. The number of amides is 2. The lowest BCUT2D eigenvalue weighted by molar-refractivity contribution is -0.141. The van der Waals surface area contributed by atoms with Crippen molar-refractivity contribution < 1.29 is 14.3 Å². The molecule has 2 fully saturated rings. The molecule has 1 aromatic heterocycles. The van der Waals surface area contributed by atoms with Crippen molar-refractivity contribution in [1.82, 2.24) is 14.8 Å². The van der Waals surface area contributed by atoms with Crippen molar-refractivity contribution in [3.63, 3.8) is 0 Å². The number of morpholine rings is 1. The third-order valence-electron chi connectivity index (χ3n) is 5.48. The van der Waals surface area contributed by atoms with Gasteiger partial charge >= 0.3 is 0 Å². The molecule has 0 aliphatic carbocycles. The normalized spacial score (nSPS) is 18.3. The molecule has 0 spiro atoms. The molecule has 148 valence electrons. The van der Waals surface area contributed by atoms with E-state index in [1.165, 1.54) is 16.9 Å². The third kappa shape index (κ3) is 4.10. The summed E-state index contributed by atoms with van der Waals surface area (Å²) in [7, 11) is 0. The molecule has 2 aromatic rings. The topological polar surface area (TPSA) is 62.7 Å². The molecular formula is C21H25N3O3S. The predicted molar refractivity (Wildman–Crippen MR) is 108 cm³/mol. The van der Waals surface area contributed by atoms with Gasteiger partial charge in [-0.25, -0.2) is 4.98 Å². The zero-order valence-electron chi connectivity index (χ0n) is 16.1. The highest BCUT2D eigenvalue weighted by Crippen LogP contribution is 2.26. The zero-order chi connectivity index (χ0) is 19.5. The number of hydrogen-bond donors (Lipinski definition) is 0. The largest absolute Gasteiger partial charge is 0.378 e. The molecule has 0 radical (unpaired) electrons. The Kier molecular flexibility index (Phi) is 5.73. The Morgan fingerprint density at radius 2 is 1.71 bits per heavy atom. The summed E-state index contributed by atoms with van der Waals surface area (Å²) < 4.78 is 5.32. The van der Waals surface area contributed by atoms with Crippen molar-refractivity contribution in [2.24, 2.45) is 5.92 Å². The summed E-state index contributed by atoms with van der Waals surface area (Å²) in [6, 6.07) is 8.17. The summed E-state index contributed by atoms with van der Waals surface area (Å²) in [5.74, 6) is 0.193. The van der Waals surface area contributed by atoms with Crippen LogP contribution in [-0.4, -0.2) is 66.0 Å². The fourth-order valence-corrected chi connectivity index (χ4v) is 4.53. The first-order valence-corrected chi connectivity index (χ1v) is 10.7. The lowest BCUT2D eigenvalue weighted by atomic mass is 9.95. The van der Waals surface area contributed by atoms with Crippen LogP contribution in [0.4, 0.5) is 0 Å². The zero-order valence-corrected chi connectivity index (χ0v) is 16.9. The van der Waals surface area contributed by atoms with Crippen molar-refractivity contribution in [3.8, 4) is 10.6 Å². The first-order valence-electron chi connectivity index (χ1n) is 9.80. The molecule has 28 heavy (non-hydrogen) atoms. The number of carbonyl (C=O) groups excluding carboxylic acids is 2. The van der Waals surface area contributed by atoms with Crippen LogP contribution < -0.4 is 0 Å². The van der Waals surface area contributed by atoms with Crippen LogP contribution in [0.5, 0.6) is 0 Å². The molecule has 0 unspecified atom stereocenters. The first-order chi connectivity index (χ1) is 13.6. The lowest BCUT2D eigenvalue weighted by Crippen LogP contribution is -2.47. The molecule has 2 amide bonds. The van der Waals surface area contributed by atoms with Crippen LogP contribution in [-0.2, 0) is 9.53 Å². The smallest absolute Gasteiger partial charge is 0.273 e. The van der Waals surface area contributed by atoms with Crippen molar-refractivity contribution in [3.05, 3.63) is 40.9 Å². The maximum absolute atomic E-state index is 12.8. The van der Waals surface area contributed by atoms with E-state index in [2.05, 4.69) is 17.1 Å². The number of likely N-dealkylation sites (tertiary alicyclic amines) is 1. The van der Waals surface area contributed by atoms with Gasteiger partial charge in [-0.1, -0.05) is 29.8 Å². The van der Waals surface area contributed by atoms with Gasteiger partial charge < -0.3 is 14.5 Å². The number of benzene rings is 1. The van der Waals surface area contributed by atoms with E-state index in [1.54, 1.807) is 0 Å². The Morgan fingerprint density at radius 1 is 1.04 bits per heavy atom. The maximum atomic E-state index is 12.8. The monoisotopic (exact) mass is 399 g/mol. The minimum Gasteiger partial charge on any atom is -0.378 e. The Hall–Kier alpha value is -2.25. The number of thiazole rings is 1. The molecule has 1 aromatic carbocycles. The minimum atomic E-state index is -0.0353. The van der Waals surface area contributed by atoms with Crippen molar-refractivity contribution >= 4 is 23.2 Å². The second-order valence-corrected chi connectivity index (χ2v) is 8.27. The second-order valence-electron chi connectivity index (χ2n) is 7.41. The molecule has 0 saturated carbocycles. The van der Waals surface area contributed by atoms with E-state index in [9.17, 15) is 9.59 Å². The van der Waals surface area contributed by atoms with Crippen LogP contribution in [0, 0.1) is 12.8 Å². The molecule has 4 rings (SSSR count). The Morgan fingerprint density at radius 3 is 2.39 bits per heavy atom. The van der Waals surface area contributed by atoms with Gasteiger partial charge in [0.25, 0.3) is 5.91 Å². The van der Waals surface area contributed by atoms with Gasteiger partial charge in [0.2, 0.25) is 5.91 Å². The van der Waals surface area contributed by atoms with E-state index in [0.717, 1.165) is 23.4 Å². The Labute approximate surface area is 169 Å². The molecular weight excluding hydrogens is 374 g/mol. The highest BCUT2D eigenvalue weighted by molar-refractivity contribution is 7.13. The van der Waals surface area contributed by atoms with E-state index in [0.29, 0.717) is 45.1 Å². The Bertz CT molecular complexity index is 835. The number of aryl methyl sites for hydroxylation is 1. The summed E-state index contributed by atoms with van der Waals surface area (Å²) in [5.41, 5.74) is 2.73. The number of ether oxygens (including phenoxy) is 1. The summed E-state index contributed by atoms with van der Waals surface area (Å²) in [5, 5.41) is 2.70. The van der Waals surface area contributed by atoms with E-state index in [4.69, 9.17) is 4.74 Å². The van der Waals surface area contributed by atoms with Gasteiger partial charge in [0, 0.05) is 43.0 Å². The highest BCUT2D eigenvalue weighted by atomic mass is 32.1.